The summed E-state index contributed by atoms with van der Waals surface area (Å²) in [6.07, 6.45) is 1.30. The first-order chi connectivity index (χ1) is 18.0. The summed E-state index contributed by atoms with van der Waals surface area (Å²) in [4.78, 5) is 40.6. The molecule has 0 bridgehead atoms. The van der Waals surface area contributed by atoms with Crippen molar-refractivity contribution >= 4 is 40.5 Å². The minimum atomic E-state index is -0.603. The lowest BCUT2D eigenvalue weighted by Gasteiger charge is -2.12. The van der Waals surface area contributed by atoms with Gasteiger partial charge in [0.15, 0.2) is 10.2 Å². The molecular weight excluding hydrogens is 494 g/mol. The average molecular weight is 512 g/mol. The van der Waals surface area contributed by atoms with Crippen LogP contribution in [0.15, 0.2) is 116 Å². The summed E-state index contributed by atoms with van der Waals surface area (Å²) in [6.45, 7) is 0. The van der Waals surface area contributed by atoms with Gasteiger partial charge in [-0.15, -0.1) is 0 Å². The second-order valence-corrected chi connectivity index (χ2v) is 8.62. The average Bonchev–Trinajstić information content (AvgIpc) is 3.36. The lowest BCUT2D eigenvalue weighted by molar-refractivity contribution is -0.384. The fourth-order valence-electron chi connectivity index (χ4n) is 3.51. The normalized spacial score (nSPS) is 11.1. The second-order valence-electron chi connectivity index (χ2n) is 7.65. The number of benzene rings is 3. The van der Waals surface area contributed by atoms with Crippen LogP contribution in [0.3, 0.4) is 0 Å². The van der Waals surface area contributed by atoms with Crippen molar-refractivity contribution in [2.45, 2.75) is 10.2 Å². The number of para-hydroxylation sites is 2. The minimum absolute atomic E-state index is 0.100. The molecule has 2 aromatic heterocycles. The van der Waals surface area contributed by atoms with Crippen LogP contribution in [0.4, 0.5) is 5.69 Å². The number of nitrogens with zero attached hydrogens (tertiary/aromatic N) is 4. The van der Waals surface area contributed by atoms with Gasteiger partial charge in [0.25, 0.3) is 17.2 Å². The molecule has 0 radical (unpaired) electrons. The molecular formula is C26H17N5O5S. The van der Waals surface area contributed by atoms with E-state index in [0.29, 0.717) is 32.6 Å². The van der Waals surface area contributed by atoms with Gasteiger partial charge in [0.05, 0.1) is 27.7 Å². The molecule has 0 saturated heterocycles. The van der Waals surface area contributed by atoms with Gasteiger partial charge < -0.3 is 4.42 Å². The van der Waals surface area contributed by atoms with Gasteiger partial charge in [0.1, 0.15) is 5.76 Å². The summed E-state index contributed by atoms with van der Waals surface area (Å²) in [5, 5.41) is 16.1. The van der Waals surface area contributed by atoms with Crippen molar-refractivity contribution in [3.8, 4) is 5.69 Å². The number of nitro benzene ring substituents is 1. The number of hydrogen-bond acceptors (Lipinski definition) is 8. The fraction of sp³-hybridized carbons (Fsp3) is 0. The zero-order valence-electron chi connectivity index (χ0n) is 19.0. The maximum Gasteiger partial charge on any atom is 0.271 e. The Kier molecular flexibility index (Phi) is 6.60. The zero-order chi connectivity index (χ0) is 25.8. The van der Waals surface area contributed by atoms with Crippen LogP contribution in [0.1, 0.15) is 16.1 Å². The molecule has 0 unspecified atom stereocenters. The SMILES string of the molecule is O=C(NN=Cc1ccc(Sc2nc3ccccc3c(=O)n2-c2ccccc2)o1)c1cccc([N+](=O)[O-])c1. The molecule has 2 heterocycles. The summed E-state index contributed by atoms with van der Waals surface area (Å²) in [6, 6.07) is 25.0. The molecule has 1 amide bonds. The lowest BCUT2D eigenvalue weighted by Crippen LogP contribution is -2.21. The van der Waals surface area contributed by atoms with Gasteiger partial charge in [-0.2, -0.15) is 5.10 Å². The van der Waals surface area contributed by atoms with Gasteiger partial charge in [0, 0.05) is 17.7 Å². The highest BCUT2D eigenvalue weighted by atomic mass is 32.2. The third kappa shape index (κ3) is 5.16. The van der Waals surface area contributed by atoms with Crippen LogP contribution in [0.2, 0.25) is 0 Å². The molecule has 5 aromatic rings. The van der Waals surface area contributed by atoms with Crippen molar-refractivity contribution < 1.29 is 14.1 Å². The van der Waals surface area contributed by atoms with Crippen molar-refractivity contribution in [3.05, 3.63) is 123 Å². The molecule has 0 aliphatic rings. The Balaban J connectivity index is 1.37. The number of carbonyl (C=O) groups excluding carboxylic acids is 1. The van der Waals surface area contributed by atoms with E-state index >= 15 is 0 Å². The topological polar surface area (TPSA) is 133 Å². The van der Waals surface area contributed by atoms with Crippen molar-refractivity contribution in [3.63, 3.8) is 0 Å². The summed E-state index contributed by atoms with van der Waals surface area (Å²) in [5.41, 5.74) is 3.26. The zero-order valence-corrected chi connectivity index (χ0v) is 19.8. The van der Waals surface area contributed by atoms with E-state index in [9.17, 15) is 19.7 Å². The van der Waals surface area contributed by atoms with Crippen molar-refractivity contribution in [2.75, 3.05) is 0 Å². The largest absolute Gasteiger partial charge is 0.448 e. The Labute approximate surface area is 213 Å². The predicted molar refractivity (Wildman–Crippen MR) is 138 cm³/mol. The molecule has 0 spiro atoms. The number of carbonyl (C=O) groups is 1. The number of nitro groups is 1. The first-order valence-corrected chi connectivity index (χ1v) is 11.7. The van der Waals surface area contributed by atoms with Gasteiger partial charge in [-0.25, -0.2) is 10.4 Å². The third-order valence-electron chi connectivity index (χ3n) is 5.23. The van der Waals surface area contributed by atoms with Gasteiger partial charge in [-0.1, -0.05) is 36.4 Å². The summed E-state index contributed by atoms with van der Waals surface area (Å²) in [7, 11) is 0. The van der Waals surface area contributed by atoms with Crippen LogP contribution < -0.4 is 11.0 Å². The number of non-ortho nitro benzene ring substituents is 1. The Morgan fingerprint density at radius 2 is 1.81 bits per heavy atom. The smallest absolute Gasteiger partial charge is 0.271 e. The molecule has 0 saturated carbocycles. The Hall–Kier alpha value is -5.03. The van der Waals surface area contributed by atoms with Crippen molar-refractivity contribution in [1.29, 1.82) is 0 Å². The monoisotopic (exact) mass is 511 g/mol. The number of hydrazone groups is 1. The Morgan fingerprint density at radius 3 is 2.62 bits per heavy atom. The van der Waals surface area contributed by atoms with E-state index < -0.39 is 10.8 Å². The Morgan fingerprint density at radius 1 is 1.03 bits per heavy atom. The van der Waals surface area contributed by atoms with Crippen LogP contribution in [-0.4, -0.2) is 26.6 Å². The molecule has 3 aromatic carbocycles. The molecule has 0 atom stereocenters. The van der Waals surface area contributed by atoms with Gasteiger partial charge in [-0.3, -0.25) is 24.3 Å². The molecule has 10 nitrogen and oxygen atoms in total. The number of hydrogen-bond donors (Lipinski definition) is 1. The molecule has 182 valence electrons. The summed E-state index contributed by atoms with van der Waals surface area (Å²) < 4.78 is 7.32. The van der Waals surface area contributed by atoms with E-state index in [1.54, 1.807) is 30.3 Å². The first kappa shape index (κ1) is 23.7. The maximum absolute atomic E-state index is 13.3. The number of nitrogens with one attached hydrogen (secondary N) is 1. The minimum Gasteiger partial charge on any atom is -0.448 e. The molecule has 11 heteroatoms. The van der Waals surface area contributed by atoms with E-state index in [-0.39, 0.29) is 16.8 Å². The molecule has 0 aliphatic heterocycles. The van der Waals surface area contributed by atoms with Gasteiger partial charge >= 0.3 is 0 Å². The quantitative estimate of drug-likeness (QED) is 0.144. The predicted octanol–water partition coefficient (Wildman–Crippen LogP) is 4.80. The van der Waals surface area contributed by atoms with Gasteiger partial charge in [0.2, 0.25) is 0 Å². The fourth-order valence-corrected chi connectivity index (χ4v) is 4.39. The van der Waals surface area contributed by atoms with E-state index in [1.807, 2.05) is 36.4 Å². The molecule has 1 N–H and O–H groups in total. The van der Waals surface area contributed by atoms with Gasteiger partial charge in [-0.05, 0) is 54.2 Å². The standard InChI is InChI=1S/C26H17N5O5S/c32-24(17-7-6-10-19(15-17)31(34)35)29-27-16-20-13-14-23(36-20)37-26-28-22-12-5-4-11-21(22)25(33)30(26)18-8-2-1-3-9-18/h1-16H,(H,29,32). The number of rotatable bonds is 7. The third-order valence-corrected chi connectivity index (χ3v) is 6.11. The summed E-state index contributed by atoms with van der Waals surface area (Å²) >= 11 is 1.17. The van der Waals surface area contributed by atoms with Crippen LogP contribution in [0.5, 0.6) is 0 Å². The molecule has 0 fully saturated rings. The highest BCUT2D eigenvalue weighted by Gasteiger charge is 2.16. The van der Waals surface area contributed by atoms with E-state index in [2.05, 4.69) is 15.5 Å². The molecule has 5 rings (SSSR count). The van der Waals surface area contributed by atoms with Crippen molar-refractivity contribution in [2.24, 2.45) is 5.10 Å². The van der Waals surface area contributed by atoms with Crippen molar-refractivity contribution in [1.82, 2.24) is 15.0 Å². The number of amides is 1. The lowest BCUT2D eigenvalue weighted by atomic mass is 10.2. The second kappa shape index (κ2) is 10.3. The Bertz CT molecular complexity index is 1710. The first-order valence-electron chi connectivity index (χ1n) is 10.9. The number of aromatic nitrogens is 2. The summed E-state index contributed by atoms with van der Waals surface area (Å²) in [5.74, 6) is -0.260. The molecule has 37 heavy (non-hydrogen) atoms. The highest BCUT2D eigenvalue weighted by Crippen LogP contribution is 2.29. The van der Waals surface area contributed by atoms with Crippen LogP contribution >= 0.6 is 11.8 Å². The van der Waals surface area contributed by atoms with E-state index in [1.165, 1.54) is 40.7 Å². The highest BCUT2D eigenvalue weighted by molar-refractivity contribution is 7.99. The molecule has 0 aliphatic carbocycles. The number of fused-ring (bicyclic) bond motifs is 1. The van der Waals surface area contributed by atoms with E-state index in [4.69, 9.17) is 4.42 Å². The number of furan rings is 1. The van der Waals surface area contributed by atoms with Crippen LogP contribution in [-0.2, 0) is 0 Å². The maximum atomic E-state index is 13.3. The van der Waals surface area contributed by atoms with Crippen LogP contribution in [0.25, 0.3) is 16.6 Å². The van der Waals surface area contributed by atoms with Crippen LogP contribution in [0, 0.1) is 10.1 Å². The van der Waals surface area contributed by atoms with E-state index in [0.717, 1.165) is 6.07 Å².